The van der Waals surface area contributed by atoms with Crippen LogP contribution in [0.3, 0.4) is 0 Å². The van der Waals surface area contributed by atoms with Crippen LogP contribution >= 0.6 is 0 Å². The molecule has 106 valence electrons. The van der Waals surface area contributed by atoms with Gasteiger partial charge in [-0.3, -0.25) is 0 Å². The van der Waals surface area contributed by atoms with Gasteiger partial charge in [0, 0.05) is 6.54 Å². The van der Waals surface area contributed by atoms with E-state index in [1.807, 2.05) is 6.92 Å². The molecule has 1 aliphatic rings. The van der Waals surface area contributed by atoms with Crippen LogP contribution in [0.15, 0.2) is 18.2 Å². The normalized spacial score (nSPS) is 22.5. The molecule has 3 rings (SSSR count). The monoisotopic (exact) mass is 272 g/mol. The topological polar surface area (TPSA) is 55.1 Å². The number of imidazole rings is 1. The van der Waals surface area contributed by atoms with Crippen molar-refractivity contribution in [2.75, 3.05) is 0 Å². The molecule has 0 radical (unpaired) electrons. The van der Waals surface area contributed by atoms with Crippen LogP contribution in [0.25, 0.3) is 11.0 Å². The third-order valence-electron chi connectivity index (χ3n) is 4.64. The molecule has 1 saturated carbocycles. The largest absolute Gasteiger partial charge is 0.478 e. The van der Waals surface area contributed by atoms with E-state index >= 15 is 0 Å². The standard InChI is InChI=1S/C16H20N2O2/c1-10-4-3-5-13(10)9-18-11(2)17-14-7-6-12(16(19)20)8-15(14)18/h6-8,10,13H,3-5,9H2,1-2H3,(H,19,20). The average molecular weight is 272 g/mol. The Labute approximate surface area is 118 Å². The molecule has 1 heterocycles. The molecule has 4 heteroatoms. The Balaban J connectivity index is 2.02. The van der Waals surface area contributed by atoms with Gasteiger partial charge in [-0.05, 0) is 43.4 Å². The quantitative estimate of drug-likeness (QED) is 0.930. The number of hydrogen-bond donors (Lipinski definition) is 1. The second-order valence-corrected chi connectivity index (χ2v) is 5.95. The lowest BCUT2D eigenvalue weighted by atomic mass is 9.98. The first-order valence-corrected chi connectivity index (χ1v) is 7.26. The smallest absolute Gasteiger partial charge is 0.335 e. The number of fused-ring (bicyclic) bond motifs is 1. The second-order valence-electron chi connectivity index (χ2n) is 5.95. The number of nitrogens with zero attached hydrogens (tertiary/aromatic N) is 2. The molecule has 20 heavy (non-hydrogen) atoms. The number of carboxylic acid groups (broad SMARTS) is 1. The Hall–Kier alpha value is -1.84. The lowest BCUT2D eigenvalue weighted by Gasteiger charge is -2.17. The summed E-state index contributed by atoms with van der Waals surface area (Å²) in [5, 5.41) is 9.14. The Kier molecular flexibility index (Phi) is 3.24. The van der Waals surface area contributed by atoms with Crippen LogP contribution in [0.4, 0.5) is 0 Å². The highest BCUT2D eigenvalue weighted by Gasteiger charge is 2.25. The summed E-state index contributed by atoms with van der Waals surface area (Å²) in [5.41, 5.74) is 2.16. The summed E-state index contributed by atoms with van der Waals surface area (Å²) >= 11 is 0. The Morgan fingerprint density at radius 2 is 2.25 bits per heavy atom. The molecule has 1 aromatic heterocycles. The number of aromatic nitrogens is 2. The summed E-state index contributed by atoms with van der Waals surface area (Å²) in [6, 6.07) is 5.18. The number of aromatic carboxylic acids is 1. The first kappa shape index (κ1) is 13.2. The summed E-state index contributed by atoms with van der Waals surface area (Å²) in [4.78, 5) is 15.7. The molecule has 0 bridgehead atoms. The SMILES string of the molecule is Cc1nc2ccc(C(=O)O)cc2n1CC1CCCC1C. The minimum absolute atomic E-state index is 0.332. The Morgan fingerprint density at radius 1 is 1.45 bits per heavy atom. The van der Waals surface area contributed by atoms with Gasteiger partial charge in [0.2, 0.25) is 0 Å². The molecule has 1 N–H and O–H groups in total. The first-order valence-electron chi connectivity index (χ1n) is 7.26. The minimum Gasteiger partial charge on any atom is -0.478 e. The van der Waals surface area contributed by atoms with Crippen LogP contribution in [0.2, 0.25) is 0 Å². The van der Waals surface area contributed by atoms with Crippen molar-refractivity contribution in [2.24, 2.45) is 11.8 Å². The molecule has 1 fully saturated rings. The number of carbonyl (C=O) groups is 1. The summed E-state index contributed by atoms with van der Waals surface area (Å²) in [6.07, 6.45) is 3.87. The Morgan fingerprint density at radius 3 is 2.90 bits per heavy atom. The van der Waals surface area contributed by atoms with Crippen LogP contribution in [0.1, 0.15) is 42.4 Å². The van der Waals surface area contributed by atoms with Gasteiger partial charge in [0.15, 0.2) is 0 Å². The van der Waals surface area contributed by atoms with Gasteiger partial charge in [-0.15, -0.1) is 0 Å². The van der Waals surface area contributed by atoms with Gasteiger partial charge < -0.3 is 9.67 Å². The maximum Gasteiger partial charge on any atom is 0.335 e. The van der Waals surface area contributed by atoms with Crippen molar-refractivity contribution in [3.05, 3.63) is 29.6 Å². The molecule has 2 aromatic rings. The zero-order valence-corrected chi connectivity index (χ0v) is 12.0. The Bertz CT molecular complexity index is 660. The highest BCUT2D eigenvalue weighted by Crippen LogP contribution is 2.33. The van der Waals surface area contributed by atoms with Crippen molar-refractivity contribution in [3.63, 3.8) is 0 Å². The number of aryl methyl sites for hydroxylation is 1. The van der Waals surface area contributed by atoms with Crippen molar-refractivity contribution >= 4 is 17.0 Å². The molecular weight excluding hydrogens is 252 g/mol. The van der Waals surface area contributed by atoms with Gasteiger partial charge in [0.25, 0.3) is 0 Å². The highest BCUT2D eigenvalue weighted by atomic mass is 16.4. The van der Waals surface area contributed by atoms with Gasteiger partial charge in [0.05, 0.1) is 16.6 Å². The molecule has 0 aliphatic heterocycles. The average Bonchev–Trinajstić information content (AvgIpc) is 2.94. The van der Waals surface area contributed by atoms with E-state index in [4.69, 9.17) is 5.11 Å². The van der Waals surface area contributed by atoms with E-state index < -0.39 is 5.97 Å². The van der Waals surface area contributed by atoms with Crippen molar-refractivity contribution in [3.8, 4) is 0 Å². The fraction of sp³-hybridized carbons (Fsp3) is 0.500. The highest BCUT2D eigenvalue weighted by molar-refractivity contribution is 5.92. The van der Waals surface area contributed by atoms with Crippen LogP contribution in [0.5, 0.6) is 0 Å². The third-order valence-corrected chi connectivity index (χ3v) is 4.64. The number of hydrogen-bond acceptors (Lipinski definition) is 2. The maximum atomic E-state index is 11.1. The molecular formula is C16H20N2O2. The predicted molar refractivity (Wildman–Crippen MR) is 77.9 cm³/mol. The van der Waals surface area contributed by atoms with Crippen LogP contribution in [0, 0.1) is 18.8 Å². The zero-order valence-electron chi connectivity index (χ0n) is 12.0. The van der Waals surface area contributed by atoms with Crippen LogP contribution in [-0.4, -0.2) is 20.6 Å². The van der Waals surface area contributed by atoms with E-state index in [0.717, 1.165) is 29.3 Å². The van der Waals surface area contributed by atoms with Gasteiger partial charge in [-0.2, -0.15) is 0 Å². The second kappa shape index (κ2) is 4.93. The lowest BCUT2D eigenvalue weighted by Crippen LogP contribution is -2.14. The molecule has 0 spiro atoms. The van der Waals surface area contributed by atoms with Crippen LogP contribution < -0.4 is 0 Å². The van der Waals surface area contributed by atoms with E-state index in [0.29, 0.717) is 11.5 Å². The number of carboxylic acids is 1. The van der Waals surface area contributed by atoms with Gasteiger partial charge in [-0.1, -0.05) is 19.8 Å². The van der Waals surface area contributed by atoms with Crippen molar-refractivity contribution in [1.29, 1.82) is 0 Å². The van der Waals surface area contributed by atoms with Gasteiger partial charge in [0.1, 0.15) is 5.82 Å². The zero-order chi connectivity index (χ0) is 14.3. The fourth-order valence-electron chi connectivity index (χ4n) is 3.33. The summed E-state index contributed by atoms with van der Waals surface area (Å²) in [6.45, 7) is 5.27. The maximum absolute atomic E-state index is 11.1. The van der Waals surface area contributed by atoms with Gasteiger partial charge in [-0.25, -0.2) is 9.78 Å². The first-order chi connectivity index (χ1) is 9.56. The third kappa shape index (κ3) is 2.19. The minimum atomic E-state index is -0.883. The molecule has 1 aromatic carbocycles. The predicted octanol–water partition coefficient (Wildman–Crippen LogP) is 3.48. The van der Waals surface area contributed by atoms with Gasteiger partial charge >= 0.3 is 5.97 Å². The van der Waals surface area contributed by atoms with E-state index in [9.17, 15) is 4.79 Å². The van der Waals surface area contributed by atoms with Crippen LogP contribution in [-0.2, 0) is 6.54 Å². The number of benzene rings is 1. The summed E-state index contributed by atoms with van der Waals surface area (Å²) in [5.74, 6) is 1.52. The van der Waals surface area contributed by atoms with E-state index in [2.05, 4.69) is 16.5 Å². The molecule has 0 saturated heterocycles. The molecule has 0 amide bonds. The molecule has 1 aliphatic carbocycles. The summed E-state index contributed by atoms with van der Waals surface area (Å²) in [7, 11) is 0. The summed E-state index contributed by atoms with van der Waals surface area (Å²) < 4.78 is 2.19. The number of rotatable bonds is 3. The van der Waals surface area contributed by atoms with E-state index in [-0.39, 0.29) is 0 Å². The fourth-order valence-corrected chi connectivity index (χ4v) is 3.33. The van der Waals surface area contributed by atoms with Crippen molar-refractivity contribution in [1.82, 2.24) is 9.55 Å². The molecule has 2 atom stereocenters. The van der Waals surface area contributed by atoms with Crippen molar-refractivity contribution in [2.45, 2.75) is 39.7 Å². The van der Waals surface area contributed by atoms with E-state index in [1.165, 1.54) is 19.3 Å². The lowest BCUT2D eigenvalue weighted by molar-refractivity contribution is 0.0697. The van der Waals surface area contributed by atoms with E-state index in [1.54, 1.807) is 18.2 Å². The van der Waals surface area contributed by atoms with Crippen molar-refractivity contribution < 1.29 is 9.90 Å². The molecule has 4 nitrogen and oxygen atoms in total. The molecule has 2 unspecified atom stereocenters.